The van der Waals surface area contributed by atoms with Gasteiger partial charge in [-0.15, -0.1) is 11.3 Å². The molecule has 0 saturated heterocycles. The average molecular weight is 377 g/mol. The Bertz CT molecular complexity index is 855. The van der Waals surface area contributed by atoms with E-state index in [2.05, 4.69) is 4.98 Å². The lowest BCUT2D eigenvalue weighted by Gasteiger charge is -2.06. The van der Waals surface area contributed by atoms with Crippen LogP contribution in [0.25, 0.3) is 10.6 Å². The molecular weight excluding hydrogens is 359 g/mol. The number of benzene rings is 2. The minimum Gasteiger partial charge on any atom is -0.388 e. The highest BCUT2D eigenvalue weighted by Crippen LogP contribution is 2.35. The average Bonchev–Trinajstić information content (AvgIpc) is 3.05. The molecule has 0 aliphatic carbocycles. The van der Waals surface area contributed by atoms with Gasteiger partial charge in [-0.2, -0.15) is 13.2 Å². The molecule has 1 atom stereocenters. The lowest BCUT2D eigenvalue weighted by molar-refractivity contribution is -0.137. The summed E-state index contributed by atoms with van der Waals surface area (Å²) in [6.45, 7) is 1.68. The number of aromatic nitrogens is 1. The summed E-state index contributed by atoms with van der Waals surface area (Å²) >= 11 is 1.33. The molecule has 0 aliphatic rings. The van der Waals surface area contributed by atoms with Crippen LogP contribution in [0.5, 0.6) is 0 Å². The van der Waals surface area contributed by atoms with E-state index in [1.165, 1.54) is 29.0 Å². The molecule has 0 amide bonds. The Hall–Kier alpha value is -2.18. The predicted octanol–water partition coefficient (Wildman–Crippen LogP) is 5.67. The molecule has 26 heavy (non-hydrogen) atoms. The second-order valence-corrected chi connectivity index (χ2v) is 7.10. The monoisotopic (exact) mass is 377 g/mol. The lowest BCUT2D eigenvalue weighted by atomic mass is 10.1. The van der Waals surface area contributed by atoms with Crippen molar-refractivity contribution in [2.75, 3.05) is 0 Å². The lowest BCUT2D eigenvalue weighted by Crippen LogP contribution is -2.03. The molecule has 1 unspecified atom stereocenters. The van der Waals surface area contributed by atoms with Crippen LogP contribution in [0, 0.1) is 0 Å². The van der Waals surface area contributed by atoms with Crippen LogP contribution in [0.15, 0.2) is 54.6 Å². The third-order valence-corrected chi connectivity index (χ3v) is 5.38. The number of rotatable bonds is 5. The molecule has 2 nitrogen and oxygen atoms in total. The van der Waals surface area contributed by atoms with E-state index < -0.39 is 17.8 Å². The summed E-state index contributed by atoms with van der Waals surface area (Å²) in [5, 5.41) is 10.7. The zero-order chi connectivity index (χ0) is 18.7. The highest BCUT2D eigenvalue weighted by molar-refractivity contribution is 7.15. The molecule has 0 aliphatic heterocycles. The highest BCUT2D eigenvalue weighted by Gasteiger charge is 2.30. The molecule has 1 aromatic heterocycles. The Morgan fingerprint density at radius 3 is 2.23 bits per heavy atom. The van der Waals surface area contributed by atoms with Crippen molar-refractivity contribution in [3.05, 3.63) is 76.3 Å². The van der Waals surface area contributed by atoms with Gasteiger partial charge in [0.25, 0.3) is 0 Å². The van der Waals surface area contributed by atoms with E-state index in [0.717, 1.165) is 29.1 Å². The Morgan fingerprint density at radius 1 is 1.00 bits per heavy atom. The number of halogens is 3. The van der Waals surface area contributed by atoms with Gasteiger partial charge in [-0.05, 0) is 37.5 Å². The summed E-state index contributed by atoms with van der Waals surface area (Å²) in [6, 6.07) is 14.9. The maximum atomic E-state index is 12.7. The minimum absolute atomic E-state index is 0.621. The van der Waals surface area contributed by atoms with Gasteiger partial charge in [-0.3, -0.25) is 0 Å². The van der Waals surface area contributed by atoms with Crippen molar-refractivity contribution >= 4 is 11.3 Å². The Balaban J connectivity index is 1.84. The first-order valence-electron chi connectivity index (χ1n) is 8.24. The van der Waals surface area contributed by atoms with Crippen LogP contribution >= 0.6 is 11.3 Å². The summed E-state index contributed by atoms with van der Waals surface area (Å²) in [5.41, 5.74) is 1.91. The molecule has 0 radical (unpaired) electrons. The van der Waals surface area contributed by atoms with Crippen molar-refractivity contribution in [3.63, 3.8) is 0 Å². The van der Waals surface area contributed by atoms with Gasteiger partial charge in [0.15, 0.2) is 0 Å². The second kappa shape index (κ2) is 7.60. The van der Waals surface area contributed by atoms with E-state index in [9.17, 15) is 18.3 Å². The van der Waals surface area contributed by atoms with Gasteiger partial charge in [0.1, 0.15) is 5.01 Å². The number of hydrogen-bond acceptors (Lipinski definition) is 3. The molecule has 136 valence electrons. The Kier molecular flexibility index (Phi) is 5.44. The smallest absolute Gasteiger partial charge is 0.388 e. The van der Waals surface area contributed by atoms with Crippen LogP contribution < -0.4 is 0 Å². The van der Waals surface area contributed by atoms with Crippen LogP contribution in [0.3, 0.4) is 0 Å². The zero-order valence-corrected chi connectivity index (χ0v) is 14.9. The maximum absolute atomic E-state index is 12.7. The summed E-state index contributed by atoms with van der Waals surface area (Å²) in [6.07, 6.45) is -3.56. The molecule has 2 aromatic carbocycles. The van der Waals surface area contributed by atoms with Gasteiger partial charge in [0.2, 0.25) is 0 Å². The Morgan fingerprint density at radius 2 is 1.65 bits per heavy atom. The van der Waals surface area contributed by atoms with E-state index in [-0.39, 0.29) is 0 Å². The summed E-state index contributed by atoms with van der Waals surface area (Å²) in [4.78, 5) is 5.35. The molecule has 6 heteroatoms. The molecule has 1 heterocycles. The molecule has 1 N–H and O–H groups in total. The molecule has 3 aromatic rings. The summed E-state index contributed by atoms with van der Waals surface area (Å²) in [7, 11) is 0. The maximum Gasteiger partial charge on any atom is 0.416 e. The largest absolute Gasteiger partial charge is 0.416 e. The van der Waals surface area contributed by atoms with Crippen LogP contribution in [0.2, 0.25) is 0 Å². The van der Waals surface area contributed by atoms with Gasteiger partial charge >= 0.3 is 6.18 Å². The minimum atomic E-state index is -4.35. The fourth-order valence-corrected chi connectivity index (χ4v) is 3.76. The third-order valence-electron chi connectivity index (χ3n) is 4.06. The fraction of sp³-hybridized carbons (Fsp3) is 0.250. The van der Waals surface area contributed by atoms with E-state index in [1.807, 2.05) is 30.3 Å². The van der Waals surface area contributed by atoms with Crippen molar-refractivity contribution in [1.29, 1.82) is 0 Å². The number of aryl methyl sites for hydroxylation is 2. The SMILES string of the molecule is CC(O)c1sc(-c2ccc(C(F)(F)F)cc2)nc1CCc1ccccc1. The first-order chi connectivity index (χ1) is 12.3. The number of alkyl halides is 3. The quantitative estimate of drug-likeness (QED) is 0.622. The summed E-state index contributed by atoms with van der Waals surface area (Å²) in [5.74, 6) is 0. The van der Waals surface area contributed by atoms with Gasteiger partial charge in [-0.25, -0.2) is 4.98 Å². The first-order valence-corrected chi connectivity index (χ1v) is 9.05. The molecule has 0 bridgehead atoms. The number of thiazole rings is 1. The van der Waals surface area contributed by atoms with Crippen LogP contribution in [-0.4, -0.2) is 10.1 Å². The number of nitrogens with zero attached hydrogens (tertiary/aromatic N) is 1. The molecule has 0 saturated carbocycles. The van der Waals surface area contributed by atoms with E-state index in [1.54, 1.807) is 6.92 Å². The summed E-state index contributed by atoms with van der Waals surface area (Å²) < 4.78 is 38.1. The number of hydrogen-bond donors (Lipinski definition) is 1. The third kappa shape index (κ3) is 4.31. The van der Waals surface area contributed by atoms with E-state index in [0.29, 0.717) is 17.0 Å². The van der Waals surface area contributed by atoms with Gasteiger partial charge in [0.05, 0.1) is 22.2 Å². The van der Waals surface area contributed by atoms with Crippen molar-refractivity contribution in [3.8, 4) is 10.6 Å². The predicted molar refractivity (Wildman–Crippen MR) is 97.0 cm³/mol. The highest BCUT2D eigenvalue weighted by atomic mass is 32.1. The van der Waals surface area contributed by atoms with Crippen molar-refractivity contribution in [1.82, 2.24) is 4.98 Å². The molecule has 0 spiro atoms. The van der Waals surface area contributed by atoms with E-state index in [4.69, 9.17) is 0 Å². The fourth-order valence-electron chi connectivity index (χ4n) is 2.70. The number of aliphatic hydroxyl groups is 1. The topological polar surface area (TPSA) is 33.1 Å². The van der Waals surface area contributed by atoms with Gasteiger partial charge < -0.3 is 5.11 Å². The van der Waals surface area contributed by atoms with Crippen molar-refractivity contribution in [2.24, 2.45) is 0 Å². The van der Waals surface area contributed by atoms with Gasteiger partial charge in [-0.1, -0.05) is 42.5 Å². The normalized spacial score (nSPS) is 13.0. The van der Waals surface area contributed by atoms with Crippen molar-refractivity contribution in [2.45, 2.75) is 32.0 Å². The molecular formula is C20H18F3NOS. The molecule has 0 fully saturated rings. The second-order valence-electron chi connectivity index (χ2n) is 6.07. The molecule has 3 rings (SSSR count). The van der Waals surface area contributed by atoms with Crippen LogP contribution in [0.1, 0.15) is 34.7 Å². The zero-order valence-electron chi connectivity index (χ0n) is 14.1. The standard InChI is InChI=1S/C20H18F3NOS/c1-13(25)18-17(12-7-14-5-3-2-4-6-14)24-19(26-18)15-8-10-16(11-9-15)20(21,22)23/h2-6,8-11,13,25H,7,12H2,1H3. The Labute approximate surface area is 154 Å². The van der Waals surface area contributed by atoms with Crippen molar-refractivity contribution < 1.29 is 18.3 Å². The van der Waals surface area contributed by atoms with Crippen LogP contribution in [0.4, 0.5) is 13.2 Å². The first kappa shape index (κ1) is 18.6. The number of aliphatic hydroxyl groups excluding tert-OH is 1. The van der Waals surface area contributed by atoms with Crippen LogP contribution in [-0.2, 0) is 19.0 Å². The van der Waals surface area contributed by atoms with Gasteiger partial charge in [0, 0.05) is 5.56 Å². The van der Waals surface area contributed by atoms with E-state index >= 15 is 0 Å².